The van der Waals surface area contributed by atoms with Crippen LogP contribution in [0.15, 0.2) is 48.5 Å². The number of urea groups is 1. The predicted octanol–water partition coefficient (Wildman–Crippen LogP) is 2.51. The number of carbonyl (C=O) groups excluding carboxylic acids is 2. The number of carbonyl (C=O) groups is 2. The van der Waals surface area contributed by atoms with Crippen molar-refractivity contribution >= 4 is 17.6 Å². The van der Waals surface area contributed by atoms with E-state index in [1.54, 1.807) is 36.3 Å². The lowest BCUT2D eigenvalue weighted by molar-refractivity contribution is -0.150. The van der Waals surface area contributed by atoms with E-state index in [1.807, 2.05) is 12.1 Å². The van der Waals surface area contributed by atoms with E-state index in [1.165, 1.54) is 11.1 Å². The Bertz CT molecular complexity index is 1070. The summed E-state index contributed by atoms with van der Waals surface area (Å²) in [5.41, 5.74) is 3.23. The Balaban J connectivity index is 1.18. The molecule has 1 aliphatic carbocycles. The largest absolute Gasteiger partial charge is 0.497 e. The smallest absolute Gasteiger partial charge is 0.322 e. The number of anilines is 1. The molecule has 0 radical (unpaired) electrons. The maximum absolute atomic E-state index is 13.2. The van der Waals surface area contributed by atoms with Gasteiger partial charge in [-0.1, -0.05) is 24.3 Å². The van der Waals surface area contributed by atoms with Gasteiger partial charge in [0, 0.05) is 11.7 Å². The zero-order valence-electron chi connectivity index (χ0n) is 21.1. The zero-order chi connectivity index (χ0) is 25.8. The molecule has 2 fully saturated rings. The minimum Gasteiger partial charge on any atom is -0.497 e. The van der Waals surface area contributed by atoms with E-state index in [0.717, 1.165) is 12.8 Å². The molecule has 5 rings (SSSR count). The number of benzene rings is 2. The molecule has 0 saturated carbocycles. The molecular weight excluding hydrogens is 474 g/mol. The van der Waals surface area contributed by atoms with Crippen LogP contribution >= 0.6 is 0 Å². The number of β-amino-alcohol motifs (C(OH)–C–C–N with tert-alkyl or cyclic N) is 1. The summed E-state index contributed by atoms with van der Waals surface area (Å²) in [6.45, 7) is 0.510. The van der Waals surface area contributed by atoms with Crippen molar-refractivity contribution in [3.05, 3.63) is 59.7 Å². The van der Waals surface area contributed by atoms with Crippen LogP contribution in [0.3, 0.4) is 0 Å². The molecule has 0 spiro atoms. The molecule has 37 heavy (non-hydrogen) atoms. The van der Waals surface area contributed by atoms with Gasteiger partial charge in [-0.05, 0) is 61.1 Å². The van der Waals surface area contributed by atoms with Crippen molar-refractivity contribution in [3.63, 3.8) is 0 Å². The SMILES string of the molecule is COc1ccc(NC(=O)N2C[C@@H](O)COC[C@H]3O[C@H](CC(=O)NC4Cc5ccccc5C4)CC[C@@H]32)cc1. The molecule has 2 heterocycles. The van der Waals surface area contributed by atoms with E-state index in [4.69, 9.17) is 14.2 Å². The third kappa shape index (κ3) is 6.23. The average molecular weight is 510 g/mol. The Labute approximate surface area is 217 Å². The van der Waals surface area contributed by atoms with Gasteiger partial charge in [0.15, 0.2) is 0 Å². The van der Waals surface area contributed by atoms with Crippen LogP contribution in [0.5, 0.6) is 5.75 Å². The van der Waals surface area contributed by atoms with E-state index in [9.17, 15) is 14.7 Å². The summed E-state index contributed by atoms with van der Waals surface area (Å²) >= 11 is 0. The number of aliphatic hydroxyl groups is 1. The Morgan fingerprint density at radius 2 is 1.78 bits per heavy atom. The molecule has 4 atom stereocenters. The number of amides is 3. The number of hydrogen-bond donors (Lipinski definition) is 3. The fourth-order valence-corrected chi connectivity index (χ4v) is 5.60. The maximum atomic E-state index is 13.2. The monoisotopic (exact) mass is 509 g/mol. The van der Waals surface area contributed by atoms with Crippen LogP contribution in [0.2, 0.25) is 0 Å². The lowest BCUT2D eigenvalue weighted by Crippen LogP contribution is -2.58. The van der Waals surface area contributed by atoms with E-state index in [0.29, 0.717) is 24.3 Å². The third-order valence-electron chi connectivity index (χ3n) is 7.41. The minimum atomic E-state index is -0.790. The highest BCUT2D eigenvalue weighted by Gasteiger charge is 2.40. The molecule has 2 saturated heterocycles. The van der Waals surface area contributed by atoms with Gasteiger partial charge in [-0.25, -0.2) is 4.79 Å². The van der Waals surface area contributed by atoms with Gasteiger partial charge < -0.3 is 34.9 Å². The van der Waals surface area contributed by atoms with Crippen molar-refractivity contribution in [2.24, 2.45) is 0 Å². The average Bonchev–Trinajstić information content (AvgIpc) is 3.29. The fraction of sp³-hybridized carbons (Fsp3) is 0.500. The molecule has 9 heteroatoms. The number of nitrogens with zero attached hydrogens (tertiary/aromatic N) is 1. The van der Waals surface area contributed by atoms with E-state index in [2.05, 4.69) is 22.8 Å². The van der Waals surface area contributed by atoms with Gasteiger partial charge in [0.25, 0.3) is 0 Å². The third-order valence-corrected chi connectivity index (χ3v) is 7.41. The number of aliphatic hydroxyl groups excluding tert-OH is 1. The van der Waals surface area contributed by atoms with Crippen LogP contribution in [0.4, 0.5) is 10.5 Å². The number of rotatable bonds is 5. The topological polar surface area (TPSA) is 109 Å². The standard InChI is InChI=1S/C28H35N3O6/c1-35-23-8-6-20(7-9-23)30-28(34)31-15-22(32)16-36-17-26-25(31)11-10-24(37-26)14-27(33)29-21-12-18-4-2-3-5-19(18)13-21/h2-9,21-22,24-26,32H,10-17H2,1H3,(H,29,33)(H,30,34)/t22-,24+,25+,26-/m1/s1. The second-order valence-electron chi connectivity index (χ2n) is 10.1. The molecule has 2 aliphatic heterocycles. The van der Waals surface area contributed by atoms with Crippen LogP contribution in [0.1, 0.15) is 30.4 Å². The number of hydrogen-bond acceptors (Lipinski definition) is 6. The molecule has 3 aliphatic rings. The highest BCUT2D eigenvalue weighted by molar-refractivity contribution is 5.89. The van der Waals surface area contributed by atoms with Crippen molar-refractivity contribution < 1.29 is 28.9 Å². The first-order chi connectivity index (χ1) is 18.0. The number of ether oxygens (including phenoxy) is 3. The zero-order valence-corrected chi connectivity index (χ0v) is 21.1. The summed E-state index contributed by atoms with van der Waals surface area (Å²) in [7, 11) is 1.59. The molecule has 9 nitrogen and oxygen atoms in total. The van der Waals surface area contributed by atoms with Crippen molar-refractivity contribution in [1.82, 2.24) is 10.2 Å². The summed E-state index contributed by atoms with van der Waals surface area (Å²) in [6.07, 6.45) is 1.86. The number of fused-ring (bicyclic) bond motifs is 2. The lowest BCUT2D eigenvalue weighted by Gasteiger charge is -2.44. The molecular formula is C28H35N3O6. The van der Waals surface area contributed by atoms with Gasteiger partial charge in [-0.15, -0.1) is 0 Å². The van der Waals surface area contributed by atoms with E-state index in [-0.39, 0.29) is 62.4 Å². The summed E-state index contributed by atoms with van der Waals surface area (Å²) in [6, 6.07) is 14.9. The molecule has 0 bridgehead atoms. The first-order valence-corrected chi connectivity index (χ1v) is 13.0. The molecule has 2 aromatic rings. The Kier molecular flexibility index (Phi) is 7.93. The summed E-state index contributed by atoms with van der Waals surface area (Å²) in [4.78, 5) is 27.7. The minimum absolute atomic E-state index is 0.0162. The quantitative estimate of drug-likeness (QED) is 0.572. The van der Waals surface area contributed by atoms with Crippen molar-refractivity contribution in [3.8, 4) is 5.75 Å². The lowest BCUT2D eigenvalue weighted by atomic mass is 9.95. The van der Waals surface area contributed by atoms with Crippen LogP contribution in [-0.2, 0) is 27.1 Å². The highest BCUT2D eigenvalue weighted by Crippen LogP contribution is 2.29. The van der Waals surface area contributed by atoms with Gasteiger partial charge in [-0.2, -0.15) is 0 Å². The first-order valence-electron chi connectivity index (χ1n) is 13.0. The molecule has 0 unspecified atom stereocenters. The number of methoxy groups -OCH3 is 1. The van der Waals surface area contributed by atoms with Crippen LogP contribution in [0.25, 0.3) is 0 Å². The second-order valence-corrected chi connectivity index (χ2v) is 10.1. The Morgan fingerprint density at radius 1 is 1.05 bits per heavy atom. The normalized spacial score (nSPS) is 25.8. The fourth-order valence-electron chi connectivity index (χ4n) is 5.60. The molecule has 3 N–H and O–H groups in total. The van der Waals surface area contributed by atoms with Crippen molar-refractivity contribution in [1.29, 1.82) is 0 Å². The second kappa shape index (κ2) is 11.5. The summed E-state index contributed by atoms with van der Waals surface area (Å²) in [5, 5.41) is 16.5. The Hall–Kier alpha value is -3.14. The van der Waals surface area contributed by atoms with E-state index >= 15 is 0 Å². The van der Waals surface area contributed by atoms with E-state index < -0.39 is 6.10 Å². The van der Waals surface area contributed by atoms with Gasteiger partial charge in [0.2, 0.25) is 5.91 Å². The van der Waals surface area contributed by atoms with Gasteiger partial charge >= 0.3 is 6.03 Å². The molecule has 2 aromatic carbocycles. The maximum Gasteiger partial charge on any atom is 0.322 e. The Morgan fingerprint density at radius 3 is 2.49 bits per heavy atom. The van der Waals surface area contributed by atoms with Crippen molar-refractivity contribution in [2.75, 3.05) is 32.2 Å². The predicted molar refractivity (Wildman–Crippen MR) is 138 cm³/mol. The molecule has 3 amide bonds. The van der Waals surface area contributed by atoms with Gasteiger partial charge in [-0.3, -0.25) is 4.79 Å². The van der Waals surface area contributed by atoms with Crippen LogP contribution in [-0.4, -0.2) is 79.2 Å². The van der Waals surface area contributed by atoms with Gasteiger partial charge in [0.05, 0.1) is 51.5 Å². The summed E-state index contributed by atoms with van der Waals surface area (Å²) in [5.74, 6) is 0.683. The first kappa shape index (κ1) is 25.5. The number of nitrogens with one attached hydrogen (secondary N) is 2. The van der Waals surface area contributed by atoms with Crippen molar-refractivity contribution in [2.45, 2.75) is 62.5 Å². The van der Waals surface area contributed by atoms with Crippen LogP contribution < -0.4 is 15.4 Å². The molecule has 0 aromatic heterocycles. The highest BCUT2D eigenvalue weighted by atomic mass is 16.5. The molecule has 198 valence electrons. The summed E-state index contributed by atoms with van der Waals surface area (Å²) < 4.78 is 17.2. The van der Waals surface area contributed by atoms with Gasteiger partial charge in [0.1, 0.15) is 11.9 Å². The van der Waals surface area contributed by atoms with Crippen LogP contribution in [0, 0.1) is 0 Å².